The molecule has 0 fully saturated rings. The van der Waals surface area contributed by atoms with Crippen molar-refractivity contribution in [1.29, 1.82) is 0 Å². The van der Waals surface area contributed by atoms with Crippen molar-refractivity contribution >= 4 is 38.9 Å². The Morgan fingerprint density at radius 3 is 1.72 bits per heavy atom. The van der Waals surface area contributed by atoms with E-state index in [0.717, 1.165) is 11.4 Å². The van der Waals surface area contributed by atoms with Crippen molar-refractivity contribution in [2.45, 2.75) is 19.9 Å². The van der Waals surface area contributed by atoms with Gasteiger partial charge in [0.15, 0.2) is 0 Å². The topological polar surface area (TPSA) is 8.17 Å². The molecular weight excluding hydrogens is 352 g/mol. The molecule has 142 valence electrons. The molecule has 1 heterocycles. The highest BCUT2D eigenvalue weighted by molar-refractivity contribution is 6.09. The minimum Gasteiger partial charge on any atom is -0.338 e. The third-order valence-corrected chi connectivity index (χ3v) is 5.50. The van der Waals surface area contributed by atoms with Crippen LogP contribution in [0, 0.1) is 0 Å². The molecular formula is C27H24N2. The maximum Gasteiger partial charge on any atom is 0.0495 e. The number of para-hydroxylation sites is 3. The van der Waals surface area contributed by atoms with E-state index in [1.54, 1.807) is 0 Å². The molecule has 0 saturated carbocycles. The van der Waals surface area contributed by atoms with Gasteiger partial charge in [0, 0.05) is 44.9 Å². The van der Waals surface area contributed by atoms with Gasteiger partial charge in [0.25, 0.3) is 0 Å². The molecule has 0 aliphatic carbocycles. The molecule has 0 aliphatic heterocycles. The van der Waals surface area contributed by atoms with Crippen LogP contribution in [-0.2, 0) is 0 Å². The highest BCUT2D eigenvalue weighted by Gasteiger charge is 2.16. The van der Waals surface area contributed by atoms with Crippen LogP contribution in [0.25, 0.3) is 21.8 Å². The highest BCUT2D eigenvalue weighted by atomic mass is 15.1. The standard InChI is InChI=1S/C27H24N2/c1-20(2)28-26-16-10-9-15-24(26)25-19-23(17-18-27(25)28)29(21-11-5-3-6-12-21)22-13-7-4-8-14-22/h3-20H,1-2H3. The summed E-state index contributed by atoms with van der Waals surface area (Å²) >= 11 is 0. The first-order chi connectivity index (χ1) is 14.2. The Labute approximate surface area is 171 Å². The number of hydrogen-bond donors (Lipinski definition) is 0. The normalized spacial score (nSPS) is 11.4. The summed E-state index contributed by atoms with van der Waals surface area (Å²) in [7, 11) is 0. The van der Waals surface area contributed by atoms with Crippen LogP contribution in [0.4, 0.5) is 17.1 Å². The van der Waals surface area contributed by atoms with Crippen LogP contribution < -0.4 is 4.90 Å². The third kappa shape index (κ3) is 2.98. The number of fused-ring (bicyclic) bond motifs is 3. The Balaban J connectivity index is 1.78. The van der Waals surface area contributed by atoms with E-state index in [4.69, 9.17) is 0 Å². The minimum absolute atomic E-state index is 0.405. The van der Waals surface area contributed by atoms with Crippen LogP contribution in [0.15, 0.2) is 103 Å². The molecule has 0 N–H and O–H groups in total. The van der Waals surface area contributed by atoms with Crippen LogP contribution in [0.1, 0.15) is 19.9 Å². The Kier molecular flexibility index (Phi) is 4.33. The van der Waals surface area contributed by atoms with Crippen molar-refractivity contribution in [2.75, 3.05) is 4.90 Å². The molecule has 29 heavy (non-hydrogen) atoms. The Morgan fingerprint density at radius 1 is 0.552 bits per heavy atom. The summed E-state index contributed by atoms with van der Waals surface area (Å²) in [6.45, 7) is 4.50. The molecule has 1 aromatic heterocycles. The van der Waals surface area contributed by atoms with Crippen LogP contribution >= 0.6 is 0 Å². The van der Waals surface area contributed by atoms with Gasteiger partial charge in [-0.05, 0) is 62.4 Å². The molecule has 2 heteroatoms. The zero-order chi connectivity index (χ0) is 19.8. The minimum atomic E-state index is 0.405. The van der Waals surface area contributed by atoms with Gasteiger partial charge in [-0.15, -0.1) is 0 Å². The van der Waals surface area contributed by atoms with Crippen molar-refractivity contribution in [1.82, 2.24) is 4.57 Å². The van der Waals surface area contributed by atoms with E-state index >= 15 is 0 Å². The summed E-state index contributed by atoms with van der Waals surface area (Å²) in [5.74, 6) is 0. The number of nitrogens with zero attached hydrogens (tertiary/aromatic N) is 2. The van der Waals surface area contributed by atoms with Crippen molar-refractivity contribution in [3.8, 4) is 0 Å². The number of aromatic nitrogens is 1. The van der Waals surface area contributed by atoms with Gasteiger partial charge in [-0.1, -0.05) is 54.6 Å². The second-order valence-electron chi connectivity index (χ2n) is 7.69. The van der Waals surface area contributed by atoms with Gasteiger partial charge >= 0.3 is 0 Å². The summed E-state index contributed by atoms with van der Waals surface area (Å²) in [6.07, 6.45) is 0. The maximum atomic E-state index is 2.43. The fourth-order valence-electron chi connectivity index (χ4n) is 4.29. The van der Waals surface area contributed by atoms with Gasteiger partial charge < -0.3 is 9.47 Å². The quantitative estimate of drug-likeness (QED) is 0.310. The van der Waals surface area contributed by atoms with Crippen molar-refractivity contribution < 1.29 is 0 Å². The largest absolute Gasteiger partial charge is 0.338 e. The van der Waals surface area contributed by atoms with Crippen molar-refractivity contribution in [3.63, 3.8) is 0 Å². The summed E-state index contributed by atoms with van der Waals surface area (Å²) in [6, 6.07) is 37.1. The van der Waals surface area contributed by atoms with Crippen LogP contribution in [0.3, 0.4) is 0 Å². The molecule has 0 aliphatic rings. The van der Waals surface area contributed by atoms with E-state index in [0.29, 0.717) is 6.04 Å². The van der Waals surface area contributed by atoms with Crippen LogP contribution in [0.2, 0.25) is 0 Å². The molecule has 0 amide bonds. The van der Waals surface area contributed by atoms with Gasteiger partial charge in [-0.2, -0.15) is 0 Å². The Hall–Kier alpha value is -3.52. The fourth-order valence-corrected chi connectivity index (χ4v) is 4.29. The van der Waals surface area contributed by atoms with E-state index in [1.165, 1.54) is 27.5 Å². The molecule has 5 aromatic rings. The fraction of sp³-hybridized carbons (Fsp3) is 0.111. The summed E-state index contributed by atoms with van der Waals surface area (Å²) in [5, 5.41) is 2.60. The first-order valence-electron chi connectivity index (χ1n) is 10.2. The van der Waals surface area contributed by atoms with E-state index in [9.17, 15) is 0 Å². The lowest BCUT2D eigenvalue weighted by molar-refractivity contribution is 0.642. The van der Waals surface area contributed by atoms with Crippen LogP contribution in [0.5, 0.6) is 0 Å². The van der Waals surface area contributed by atoms with E-state index in [2.05, 4.69) is 126 Å². The Bertz CT molecular complexity index is 1230. The van der Waals surface area contributed by atoms with Gasteiger partial charge in [0.2, 0.25) is 0 Å². The third-order valence-electron chi connectivity index (χ3n) is 5.50. The molecule has 0 radical (unpaired) electrons. The maximum absolute atomic E-state index is 2.43. The summed E-state index contributed by atoms with van der Waals surface area (Å²) in [5.41, 5.74) is 6.06. The Morgan fingerprint density at radius 2 is 1.10 bits per heavy atom. The van der Waals surface area contributed by atoms with Gasteiger partial charge in [0.1, 0.15) is 0 Å². The first kappa shape index (κ1) is 17.6. The number of hydrogen-bond acceptors (Lipinski definition) is 1. The molecule has 0 atom stereocenters. The second kappa shape index (κ2) is 7.14. The smallest absolute Gasteiger partial charge is 0.0495 e. The highest BCUT2D eigenvalue weighted by Crippen LogP contribution is 2.39. The summed E-state index contributed by atoms with van der Waals surface area (Å²) in [4.78, 5) is 2.32. The molecule has 0 spiro atoms. The summed E-state index contributed by atoms with van der Waals surface area (Å²) < 4.78 is 2.43. The SMILES string of the molecule is CC(C)n1c2ccccc2c2cc(N(c3ccccc3)c3ccccc3)ccc21. The molecule has 4 aromatic carbocycles. The average Bonchev–Trinajstić information content (AvgIpc) is 3.10. The van der Waals surface area contributed by atoms with Gasteiger partial charge in [-0.3, -0.25) is 0 Å². The monoisotopic (exact) mass is 376 g/mol. The van der Waals surface area contributed by atoms with Crippen molar-refractivity contribution in [3.05, 3.63) is 103 Å². The molecule has 0 bridgehead atoms. The zero-order valence-electron chi connectivity index (χ0n) is 16.8. The molecule has 5 rings (SSSR count). The lowest BCUT2D eigenvalue weighted by Gasteiger charge is -2.25. The van der Waals surface area contributed by atoms with Gasteiger partial charge in [0.05, 0.1) is 0 Å². The number of rotatable bonds is 4. The number of benzene rings is 4. The van der Waals surface area contributed by atoms with Crippen molar-refractivity contribution in [2.24, 2.45) is 0 Å². The molecule has 2 nitrogen and oxygen atoms in total. The number of anilines is 3. The first-order valence-corrected chi connectivity index (χ1v) is 10.2. The van der Waals surface area contributed by atoms with E-state index in [1.807, 2.05) is 0 Å². The van der Waals surface area contributed by atoms with E-state index < -0.39 is 0 Å². The zero-order valence-corrected chi connectivity index (χ0v) is 16.8. The predicted octanol–water partition coefficient (Wildman–Crippen LogP) is 7.85. The second-order valence-corrected chi connectivity index (χ2v) is 7.69. The lowest BCUT2D eigenvalue weighted by atomic mass is 10.1. The molecule has 0 unspecified atom stereocenters. The van der Waals surface area contributed by atoms with Crippen LogP contribution in [-0.4, -0.2) is 4.57 Å². The average molecular weight is 377 g/mol. The van der Waals surface area contributed by atoms with Gasteiger partial charge in [-0.25, -0.2) is 0 Å². The van der Waals surface area contributed by atoms with E-state index in [-0.39, 0.29) is 0 Å². The predicted molar refractivity (Wildman–Crippen MR) is 125 cm³/mol. The molecule has 0 saturated heterocycles. The lowest BCUT2D eigenvalue weighted by Crippen LogP contribution is -2.09.